The molecule has 2 atom stereocenters. The van der Waals surface area contributed by atoms with Crippen molar-refractivity contribution >= 4 is 11.6 Å². The fourth-order valence-corrected chi connectivity index (χ4v) is 4.99. The number of piperidine rings is 1. The van der Waals surface area contributed by atoms with E-state index in [1.165, 1.54) is 24.1 Å². The first-order chi connectivity index (χ1) is 13.1. The number of aryl methyl sites for hydroxylation is 1. The molecule has 1 aromatic rings. The molecule has 0 saturated carbocycles. The largest absolute Gasteiger partial charge is 0.369 e. The normalized spacial score (nSPS) is 27.0. The lowest BCUT2D eigenvalue weighted by Gasteiger charge is -2.36. The van der Waals surface area contributed by atoms with Crippen LogP contribution in [0, 0.1) is 12.8 Å². The highest BCUT2D eigenvalue weighted by Gasteiger charge is 2.34. The van der Waals surface area contributed by atoms with E-state index in [1.807, 2.05) is 0 Å². The number of fused-ring (bicyclic) bond motifs is 4. The second-order valence-electron chi connectivity index (χ2n) is 8.75. The fourth-order valence-electron chi connectivity index (χ4n) is 4.99. The zero-order chi connectivity index (χ0) is 18.8. The Kier molecular flexibility index (Phi) is 5.69. The number of anilines is 1. The number of carbonyl (C=O) groups is 1. The molecule has 4 heterocycles. The molecule has 0 unspecified atom stereocenters. The predicted octanol–water partition coefficient (Wildman–Crippen LogP) is 2.06. The summed E-state index contributed by atoms with van der Waals surface area (Å²) in [5.74, 6) is 1.04. The molecular weight excluding hydrogens is 336 g/mol. The van der Waals surface area contributed by atoms with Gasteiger partial charge in [-0.2, -0.15) is 0 Å². The van der Waals surface area contributed by atoms with E-state index in [-0.39, 0.29) is 0 Å². The number of piperazine rings is 1. The van der Waals surface area contributed by atoms with E-state index < -0.39 is 0 Å². The average Bonchev–Trinajstić information content (AvgIpc) is 2.98. The molecule has 0 spiro atoms. The molecule has 5 rings (SSSR count). The molecule has 4 saturated heterocycles. The molecule has 4 aliphatic heterocycles. The summed E-state index contributed by atoms with van der Waals surface area (Å²) in [6.07, 6.45) is 3.22. The van der Waals surface area contributed by atoms with E-state index in [4.69, 9.17) is 0 Å². The van der Waals surface area contributed by atoms with Crippen LogP contribution in [-0.4, -0.2) is 86.1 Å². The third-order valence-corrected chi connectivity index (χ3v) is 6.72. The van der Waals surface area contributed by atoms with Crippen molar-refractivity contribution in [1.29, 1.82) is 0 Å². The Balaban J connectivity index is 1.23. The van der Waals surface area contributed by atoms with E-state index >= 15 is 0 Å². The zero-order valence-electron chi connectivity index (χ0n) is 16.9. The highest BCUT2D eigenvalue weighted by molar-refractivity contribution is 5.76. The molecule has 0 aromatic heterocycles. The minimum Gasteiger partial charge on any atom is -0.369 e. The van der Waals surface area contributed by atoms with Crippen molar-refractivity contribution in [3.8, 4) is 0 Å². The topological polar surface area (TPSA) is 30.0 Å². The molecule has 0 radical (unpaired) electrons. The van der Waals surface area contributed by atoms with Crippen LogP contribution >= 0.6 is 0 Å². The van der Waals surface area contributed by atoms with Crippen molar-refractivity contribution in [3.05, 3.63) is 29.8 Å². The van der Waals surface area contributed by atoms with E-state index in [0.29, 0.717) is 24.3 Å². The molecule has 0 aliphatic carbocycles. The third kappa shape index (κ3) is 4.46. The van der Waals surface area contributed by atoms with Gasteiger partial charge in [-0.05, 0) is 50.4 Å². The lowest BCUT2D eigenvalue weighted by atomic mass is 9.96. The van der Waals surface area contributed by atoms with Crippen molar-refractivity contribution in [3.63, 3.8) is 0 Å². The maximum Gasteiger partial charge on any atom is 0.223 e. The van der Waals surface area contributed by atoms with Crippen LogP contribution in [0.3, 0.4) is 0 Å². The SMILES string of the molecule is Cc1cccc(N2CCN(CCC(=O)N3C[C@@H]4CC[C@H](C3)N(C)C4)CC2)c1. The fraction of sp³-hybridized carbons (Fsp3) is 0.682. The number of hydrogen-bond acceptors (Lipinski definition) is 4. The van der Waals surface area contributed by atoms with Gasteiger partial charge in [0.25, 0.3) is 0 Å². The van der Waals surface area contributed by atoms with E-state index in [2.05, 4.69) is 57.8 Å². The Bertz CT molecular complexity index is 655. The average molecular weight is 371 g/mol. The lowest BCUT2D eigenvalue weighted by Crippen LogP contribution is -2.47. The number of benzene rings is 1. The first kappa shape index (κ1) is 18.8. The van der Waals surface area contributed by atoms with E-state index in [9.17, 15) is 4.79 Å². The predicted molar refractivity (Wildman–Crippen MR) is 110 cm³/mol. The minimum atomic E-state index is 0.364. The quantitative estimate of drug-likeness (QED) is 0.812. The molecule has 5 nitrogen and oxygen atoms in total. The summed E-state index contributed by atoms with van der Waals surface area (Å²) in [4.78, 5) is 22.4. The molecular formula is C22H34N4O. The summed E-state index contributed by atoms with van der Waals surface area (Å²) in [5, 5.41) is 0. The Labute approximate surface area is 163 Å². The van der Waals surface area contributed by atoms with Gasteiger partial charge in [0.15, 0.2) is 0 Å². The van der Waals surface area contributed by atoms with Gasteiger partial charge in [0.1, 0.15) is 0 Å². The van der Waals surface area contributed by atoms with Crippen LogP contribution in [-0.2, 0) is 4.79 Å². The zero-order valence-corrected chi connectivity index (χ0v) is 16.9. The number of nitrogens with zero attached hydrogens (tertiary/aromatic N) is 4. The second kappa shape index (κ2) is 8.19. The molecule has 0 N–H and O–H groups in total. The summed E-state index contributed by atoms with van der Waals surface area (Å²) in [7, 11) is 2.22. The van der Waals surface area contributed by atoms with E-state index in [1.54, 1.807) is 0 Å². The maximum absolute atomic E-state index is 12.8. The smallest absolute Gasteiger partial charge is 0.223 e. The second-order valence-corrected chi connectivity index (χ2v) is 8.75. The monoisotopic (exact) mass is 370 g/mol. The molecule has 27 heavy (non-hydrogen) atoms. The maximum atomic E-state index is 12.8. The van der Waals surface area contributed by atoms with Crippen LogP contribution in [0.4, 0.5) is 5.69 Å². The van der Waals surface area contributed by atoms with Gasteiger partial charge in [-0.25, -0.2) is 0 Å². The highest BCUT2D eigenvalue weighted by atomic mass is 16.2. The van der Waals surface area contributed by atoms with E-state index in [0.717, 1.165) is 52.4 Å². The lowest BCUT2D eigenvalue weighted by molar-refractivity contribution is -0.131. The summed E-state index contributed by atoms with van der Waals surface area (Å²) in [6.45, 7) is 10.3. The van der Waals surface area contributed by atoms with Gasteiger partial charge in [0.2, 0.25) is 5.91 Å². The van der Waals surface area contributed by atoms with Crippen molar-refractivity contribution in [2.75, 3.05) is 64.3 Å². The van der Waals surface area contributed by atoms with Gasteiger partial charge in [-0.15, -0.1) is 0 Å². The van der Waals surface area contributed by atoms with Crippen LogP contribution < -0.4 is 4.90 Å². The Morgan fingerprint density at radius 1 is 1.07 bits per heavy atom. The number of rotatable bonds is 4. The van der Waals surface area contributed by atoms with Gasteiger partial charge in [0, 0.05) is 70.5 Å². The standard InChI is InChI=1S/C22H34N4O/c1-18-4-3-5-20(14-18)25-12-10-24(11-13-25)9-8-22(27)26-16-19-6-7-21(17-26)23(2)15-19/h3-5,14,19,21H,6-13,15-17H2,1-2H3/t19-,21-/m1/s1. The Hall–Kier alpha value is -1.59. The first-order valence-electron chi connectivity index (χ1n) is 10.6. The number of hydrogen-bond donors (Lipinski definition) is 0. The molecule has 4 aliphatic rings. The van der Waals surface area contributed by atoms with Gasteiger partial charge < -0.3 is 14.7 Å². The van der Waals surface area contributed by atoms with Gasteiger partial charge in [-0.1, -0.05) is 12.1 Å². The molecule has 1 amide bonds. The minimum absolute atomic E-state index is 0.364. The summed E-state index contributed by atoms with van der Waals surface area (Å²) in [5.41, 5.74) is 2.65. The van der Waals surface area contributed by atoms with Crippen molar-refractivity contribution in [2.45, 2.75) is 32.2 Å². The Morgan fingerprint density at radius 3 is 2.63 bits per heavy atom. The summed E-state index contributed by atoms with van der Waals surface area (Å²) < 4.78 is 0. The third-order valence-electron chi connectivity index (χ3n) is 6.72. The Morgan fingerprint density at radius 2 is 1.89 bits per heavy atom. The van der Waals surface area contributed by atoms with Crippen LogP contribution in [0.2, 0.25) is 0 Å². The van der Waals surface area contributed by atoms with Crippen molar-refractivity contribution in [1.82, 2.24) is 14.7 Å². The molecule has 148 valence electrons. The summed E-state index contributed by atoms with van der Waals surface area (Å²) in [6, 6.07) is 9.34. The van der Waals surface area contributed by atoms with Crippen LogP contribution in [0.1, 0.15) is 24.8 Å². The van der Waals surface area contributed by atoms with Crippen LogP contribution in [0.15, 0.2) is 24.3 Å². The van der Waals surface area contributed by atoms with Gasteiger partial charge in [-0.3, -0.25) is 9.69 Å². The molecule has 1 aromatic carbocycles. The first-order valence-corrected chi connectivity index (χ1v) is 10.6. The number of likely N-dealkylation sites (N-methyl/N-ethyl adjacent to an activating group) is 1. The molecule has 2 bridgehead atoms. The van der Waals surface area contributed by atoms with Crippen molar-refractivity contribution < 1.29 is 4.79 Å². The summed E-state index contributed by atoms with van der Waals surface area (Å²) >= 11 is 0. The van der Waals surface area contributed by atoms with Crippen LogP contribution in [0.25, 0.3) is 0 Å². The van der Waals surface area contributed by atoms with Crippen LogP contribution in [0.5, 0.6) is 0 Å². The highest BCUT2D eigenvalue weighted by Crippen LogP contribution is 2.27. The number of carbonyl (C=O) groups excluding carboxylic acids is 1. The molecule has 5 heteroatoms. The molecule has 4 fully saturated rings. The van der Waals surface area contributed by atoms with Gasteiger partial charge >= 0.3 is 0 Å². The van der Waals surface area contributed by atoms with Gasteiger partial charge in [0.05, 0.1) is 0 Å². The van der Waals surface area contributed by atoms with Crippen molar-refractivity contribution in [2.24, 2.45) is 5.92 Å². The number of amides is 1.